The van der Waals surface area contributed by atoms with Crippen molar-refractivity contribution in [3.8, 4) is 17.3 Å². The van der Waals surface area contributed by atoms with Crippen LogP contribution in [-0.4, -0.2) is 78.4 Å². The van der Waals surface area contributed by atoms with Crippen LogP contribution in [-0.2, 0) is 4.74 Å². The van der Waals surface area contributed by atoms with Gasteiger partial charge in [0, 0.05) is 30.2 Å². The highest BCUT2D eigenvalue weighted by atomic mass is 35.5. The summed E-state index contributed by atoms with van der Waals surface area (Å²) in [5.74, 6) is -0.877. The summed E-state index contributed by atoms with van der Waals surface area (Å²) in [6.07, 6.45) is 2.70. The molecule has 40 heavy (non-hydrogen) atoms. The highest BCUT2D eigenvalue weighted by molar-refractivity contribution is 6.36. The molecule has 2 saturated heterocycles. The highest BCUT2D eigenvalue weighted by Gasteiger charge is 2.34. The van der Waals surface area contributed by atoms with Gasteiger partial charge in [0.15, 0.2) is 5.82 Å². The van der Waals surface area contributed by atoms with Crippen LogP contribution in [0.15, 0.2) is 36.5 Å². The maximum absolute atomic E-state index is 16.3. The van der Waals surface area contributed by atoms with Crippen LogP contribution in [0.1, 0.15) is 12.8 Å². The van der Waals surface area contributed by atoms with Crippen LogP contribution in [0.2, 0.25) is 5.02 Å². The van der Waals surface area contributed by atoms with E-state index in [0.29, 0.717) is 47.2 Å². The molecular weight excluding hydrogens is 542 g/mol. The smallest absolute Gasteiger partial charge is 0.407 e. The van der Waals surface area contributed by atoms with Gasteiger partial charge in [-0.3, -0.25) is 4.98 Å². The molecule has 2 aliphatic rings. The predicted octanol–water partition coefficient (Wildman–Crippen LogP) is 4.79. The SMILES string of the molecule is CNC(=O)OC1CN(c2nc(OC[C@@H]3CCCN3C)nc3c(F)c(-c4cccc5ccc(F)c(Cl)c45)ncc23)C1. The first-order chi connectivity index (χ1) is 19.3. The highest BCUT2D eigenvalue weighted by Crippen LogP contribution is 2.38. The lowest BCUT2D eigenvalue weighted by Crippen LogP contribution is -2.54. The molecule has 0 unspecified atom stereocenters. The van der Waals surface area contributed by atoms with Crippen molar-refractivity contribution in [3.05, 3.63) is 53.2 Å². The average molecular weight is 569 g/mol. The second-order valence-electron chi connectivity index (χ2n) is 10.0. The van der Waals surface area contributed by atoms with Crippen LogP contribution in [0.3, 0.4) is 0 Å². The molecule has 2 fully saturated rings. The van der Waals surface area contributed by atoms with Crippen LogP contribution in [0, 0.1) is 11.6 Å². The first-order valence-corrected chi connectivity index (χ1v) is 13.4. The molecule has 0 radical (unpaired) electrons. The topological polar surface area (TPSA) is 92.7 Å². The standard InChI is InChI=1S/C28H27ClF2N6O3/c1-32-28(38)40-17-12-37(13-17)26-19-11-33-24(18-7-3-5-15-8-9-20(30)22(29)21(15)18)23(31)25(19)34-27(35-26)39-14-16-6-4-10-36(16)2/h3,5,7-9,11,16-17H,4,6,10,12-14H2,1-2H3,(H,32,38)/t16-/m0/s1. The Hall–Kier alpha value is -3.83. The Kier molecular flexibility index (Phi) is 7.01. The molecular formula is C28H27ClF2N6O3. The van der Waals surface area contributed by atoms with E-state index in [-0.39, 0.29) is 34.4 Å². The Morgan fingerprint density at radius 2 is 2.02 bits per heavy atom. The number of likely N-dealkylation sites (N-methyl/N-ethyl adjacent to an activating group) is 1. The average Bonchev–Trinajstić information content (AvgIpc) is 3.35. The molecule has 0 saturated carbocycles. The zero-order valence-corrected chi connectivity index (χ0v) is 22.7. The Balaban J connectivity index is 1.43. The van der Waals surface area contributed by atoms with Gasteiger partial charge >= 0.3 is 12.1 Å². The number of nitrogens with one attached hydrogen (secondary N) is 1. The number of hydrogen-bond acceptors (Lipinski definition) is 8. The van der Waals surface area contributed by atoms with E-state index >= 15 is 4.39 Å². The number of carbonyl (C=O) groups is 1. The molecule has 0 aliphatic carbocycles. The number of aromatic nitrogens is 3. The summed E-state index contributed by atoms with van der Waals surface area (Å²) < 4.78 is 42.0. The van der Waals surface area contributed by atoms with Crippen molar-refractivity contribution in [2.45, 2.75) is 25.0 Å². The molecule has 12 heteroatoms. The van der Waals surface area contributed by atoms with Crippen LogP contribution >= 0.6 is 11.6 Å². The molecule has 1 N–H and O–H groups in total. The maximum Gasteiger partial charge on any atom is 0.407 e. The van der Waals surface area contributed by atoms with E-state index in [2.05, 4.69) is 25.2 Å². The van der Waals surface area contributed by atoms with E-state index < -0.39 is 17.7 Å². The summed E-state index contributed by atoms with van der Waals surface area (Å²) in [6.45, 7) is 2.08. The second kappa shape index (κ2) is 10.6. The quantitative estimate of drug-likeness (QED) is 0.355. The first-order valence-electron chi connectivity index (χ1n) is 13.0. The van der Waals surface area contributed by atoms with Crippen molar-refractivity contribution >= 4 is 45.2 Å². The summed E-state index contributed by atoms with van der Waals surface area (Å²) in [6, 6.07) is 8.28. The van der Waals surface area contributed by atoms with E-state index in [4.69, 9.17) is 21.1 Å². The maximum atomic E-state index is 16.3. The number of anilines is 1. The summed E-state index contributed by atoms with van der Waals surface area (Å²) in [7, 11) is 3.53. The largest absolute Gasteiger partial charge is 0.462 e. The number of hydrogen-bond donors (Lipinski definition) is 1. The van der Waals surface area contributed by atoms with E-state index in [1.807, 2.05) is 11.9 Å². The van der Waals surface area contributed by atoms with E-state index in [1.54, 1.807) is 24.3 Å². The number of alkyl carbamates (subject to hydrolysis) is 1. The number of rotatable bonds is 6. The normalized spacial score (nSPS) is 17.8. The third-order valence-electron chi connectivity index (χ3n) is 7.54. The molecule has 208 valence electrons. The number of pyridine rings is 1. The fourth-order valence-electron chi connectivity index (χ4n) is 5.28. The third kappa shape index (κ3) is 4.73. The molecule has 1 amide bonds. The van der Waals surface area contributed by atoms with Crippen molar-refractivity contribution < 1.29 is 23.0 Å². The molecule has 0 bridgehead atoms. The second-order valence-corrected chi connectivity index (χ2v) is 10.4. The van der Waals surface area contributed by atoms with Crippen molar-refractivity contribution in [1.82, 2.24) is 25.2 Å². The van der Waals surface area contributed by atoms with Crippen LogP contribution in [0.4, 0.5) is 19.4 Å². The molecule has 2 aromatic carbocycles. The number of halogens is 3. The van der Waals surface area contributed by atoms with Gasteiger partial charge in [-0.1, -0.05) is 35.9 Å². The molecule has 2 aliphatic heterocycles. The molecule has 1 atom stereocenters. The summed E-state index contributed by atoms with van der Waals surface area (Å²) in [5, 5.41) is 3.72. The minimum atomic E-state index is -0.699. The molecule has 4 heterocycles. The van der Waals surface area contributed by atoms with E-state index in [0.717, 1.165) is 19.4 Å². The number of benzene rings is 2. The van der Waals surface area contributed by atoms with E-state index in [9.17, 15) is 9.18 Å². The van der Waals surface area contributed by atoms with Gasteiger partial charge in [-0.15, -0.1) is 0 Å². The zero-order chi connectivity index (χ0) is 28.0. The number of carbonyl (C=O) groups excluding carboxylic acids is 1. The van der Waals surface area contributed by atoms with Crippen molar-refractivity contribution in [2.75, 3.05) is 45.2 Å². The lowest BCUT2D eigenvalue weighted by molar-refractivity contribution is 0.0823. The molecule has 6 rings (SSSR count). The Labute approximate surface area is 234 Å². The summed E-state index contributed by atoms with van der Waals surface area (Å²) in [5.41, 5.74) is 0.353. The minimum absolute atomic E-state index is 0.0128. The molecule has 0 spiro atoms. The van der Waals surface area contributed by atoms with Gasteiger partial charge in [0.2, 0.25) is 0 Å². The molecule has 9 nitrogen and oxygen atoms in total. The predicted molar refractivity (Wildman–Crippen MR) is 148 cm³/mol. The van der Waals surface area contributed by atoms with Gasteiger partial charge in [0.25, 0.3) is 0 Å². The summed E-state index contributed by atoms with van der Waals surface area (Å²) in [4.78, 5) is 29.2. The molecule has 2 aromatic heterocycles. The van der Waals surface area contributed by atoms with E-state index in [1.165, 1.54) is 19.3 Å². The van der Waals surface area contributed by atoms with Gasteiger partial charge in [0.05, 0.1) is 23.5 Å². The lowest BCUT2D eigenvalue weighted by atomic mass is 10.0. The monoisotopic (exact) mass is 568 g/mol. The fourth-order valence-corrected chi connectivity index (χ4v) is 5.55. The number of likely N-dealkylation sites (tertiary alicyclic amines) is 1. The Bertz CT molecular complexity index is 1620. The Morgan fingerprint density at radius 1 is 1.20 bits per heavy atom. The van der Waals surface area contributed by atoms with Gasteiger partial charge in [-0.25, -0.2) is 13.6 Å². The van der Waals surface area contributed by atoms with Gasteiger partial charge < -0.3 is 24.6 Å². The Morgan fingerprint density at radius 3 is 2.77 bits per heavy atom. The van der Waals surface area contributed by atoms with Crippen LogP contribution in [0.25, 0.3) is 32.9 Å². The summed E-state index contributed by atoms with van der Waals surface area (Å²) >= 11 is 6.32. The number of ether oxygens (including phenoxy) is 2. The lowest BCUT2D eigenvalue weighted by Gasteiger charge is -2.39. The first kappa shape index (κ1) is 26.4. The van der Waals surface area contributed by atoms with Crippen LogP contribution < -0.4 is 15.0 Å². The van der Waals surface area contributed by atoms with Crippen molar-refractivity contribution in [1.29, 1.82) is 0 Å². The van der Waals surface area contributed by atoms with Crippen molar-refractivity contribution in [2.24, 2.45) is 0 Å². The number of fused-ring (bicyclic) bond motifs is 2. The van der Waals surface area contributed by atoms with Gasteiger partial charge in [-0.2, -0.15) is 9.97 Å². The third-order valence-corrected chi connectivity index (χ3v) is 7.91. The van der Waals surface area contributed by atoms with Crippen LogP contribution in [0.5, 0.6) is 6.01 Å². The van der Waals surface area contributed by atoms with Gasteiger partial charge in [-0.05, 0) is 37.9 Å². The van der Waals surface area contributed by atoms with Gasteiger partial charge in [0.1, 0.15) is 35.6 Å². The zero-order valence-electron chi connectivity index (χ0n) is 22.0. The minimum Gasteiger partial charge on any atom is -0.462 e. The molecule has 4 aromatic rings. The fraction of sp³-hybridized carbons (Fsp3) is 0.357. The number of nitrogens with zero attached hydrogens (tertiary/aromatic N) is 5. The number of amides is 1. The van der Waals surface area contributed by atoms with Crippen molar-refractivity contribution in [3.63, 3.8) is 0 Å².